The summed E-state index contributed by atoms with van der Waals surface area (Å²) in [5, 5.41) is 10.5. The first-order valence-corrected chi connectivity index (χ1v) is 4.43. The Labute approximate surface area is 91.3 Å². The van der Waals surface area contributed by atoms with Crippen molar-refractivity contribution in [2.24, 2.45) is 0 Å². The highest BCUT2D eigenvalue weighted by Crippen LogP contribution is 2.36. The van der Waals surface area contributed by atoms with E-state index in [-0.39, 0.29) is 10.4 Å². The lowest BCUT2D eigenvalue weighted by molar-refractivity contribution is -0.391. The summed E-state index contributed by atoms with van der Waals surface area (Å²) in [6.07, 6.45) is -3.01. The van der Waals surface area contributed by atoms with Gasteiger partial charge in [0.1, 0.15) is 5.75 Å². The van der Waals surface area contributed by atoms with Crippen LogP contribution in [-0.4, -0.2) is 17.0 Å². The molecule has 0 aliphatic rings. The Morgan fingerprint density at radius 2 is 2.27 bits per heavy atom. The number of hydrogen-bond donors (Lipinski definition) is 0. The summed E-state index contributed by atoms with van der Waals surface area (Å²) >= 11 is 2.86. The molecule has 0 saturated carbocycles. The van der Waals surface area contributed by atoms with Crippen LogP contribution in [0.1, 0.15) is 12.0 Å². The normalized spacial score (nSPS) is 10.5. The van der Waals surface area contributed by atoms with Gasteiger partial charge in [0.15, 0.2) is 5.56 Å². The summed E-state index contributed by atoms with van der Waals surface area (Å²) in [6.45, 7) is 0. The van der Waals surface area contributed by atoms with Gasteiger partial charge in [0, 0.05) is 22.0 Å². The summed E-state index contributed by atoms with van der Waals surface area (Å²) < 4.78 is 29.7. The van der Waals surface area contributed by atoms with E-state index in [1.807, 2.05) is 0 Å². The Morgan fingerprint density at radius 1 is 1.67 bits per heavy atom. The lowest BCUT2D eigenvalue weighted by atomic mass is 10.2. The summed E-state index contributed by atoms with van der Waals surface area (Å²) in [5.41, 5.74) is -0.814. The van der Waals surface area contributed by atoms with Crippen molar-refractivity contribution in [1.82, 2.24) is 4.98 Å². The number of hydrogen-bond acceptors (Lipinski definition) is 4. The first-order chi connectivity index (χ1) is 6.97. The summed E-state index contributed by atoms with van der Waals surface area (Å²) in [5.74, 6) is -1.17. The quantitative estimate of drug-likeness (QED) is 0.486. The third kappa shape index (κ3) is 2.38. The Hall–Kier alpha value is -1.31. The molecule has 1 aromatic rings. The third-order valence-electron chi connectivity index (χ3n) is 1.58. The molecule has 8 heteroatoms. The third-order valence-corrected chi connectivity index (χ3v) is 1.99. The van der Waals surface area contributed by atoms with Crippen LogP contribution in [-0.2, 0) is 0 Å². The van der Waals surface area contributed by atoms with Crippen LogP contribution < -0.4 is 4.74 Å². The highest BCUT2D eigenvalue weighted by atomic mass is 79.9. The van der Waals surface area contributed by atoms with Gasteiger partial charge in [-0.2, -0.15) is 0 Å². The molecule has 5 nitrogen and oxygen atoms in total. The van der Waals surface area contributed by atoms with E-state index in [1.54, 1.807) is 0 Å². The molecule has 0 amide bonds. The average Bonchev–Trinajstić information content (AvgIpc) is 2.15. The molecule has 0 aliphatic carbocycles. The minimum Gasteiger partial charge on any atom is -0.496 e. The number of nitro groups is 1. The summed E-state index contributed by atoms with van der Waals surface area (Å²) in [6, 6.07) is 1.15. The second kappa shape index (κ2) is 4.47. The standard InChI is InChI=1S/C7H5BrF2N2O3/c1-15-3-2-4(8)11-7(12(13)14)5(3)6(9)10/h2,6H,1H3. The van der Waals surface area contributed by atoms with Crippen LogP contribution in [0.3, 0.4) is 0 Å². The van der Waals surface area contributed by atoms with Crippen LogP contribution in [0, 0.1) is 10.1 Å². The van der Waals surface area contributed by atoms with Crippen molar-refractivity contribution in [3.63, 3.8) is 0 Å². The predicted octanol–water partition coefficient (Wildman–Crippen LogP) is 2.70. The fourth-order valence-electron chi connectivity index (χ4n) is 1.00. The van der Waals surface area contributed by atoms with Crippen molar-refractivity contribution < 1.29 is 18.4 Å². The van der Waals surface area contributed by atoms with Gasteiger partial charge in [0.05, 0.1) is 7.11 Å². The van der Waals surface area contributed by atoms with Crippen LogP contribution in [0.25, 0.3) is 0 Å². The fourth-order valence-corrected chi connectivity index (χ4v) is 1.38. The largest absolute Gasteiger partial charge is 0.496 e. The molecule has 1 heterocycles. The van der Waals surface area contributed by atoms with Crippen LogP contribution in [0.2, 0.25) is 0 Å². The van der Waals surface area contributed by atoms with Crippen LogP contribution in [0.15, 0.2) is 10.7 Å². The maximum absolute atomic E-state index is 12.5. The molecule has 15 heavy (non-hydrogen) atoms. The van der Waals surface area contributed by atoms with Crippen LogP contribution >= 0.6 is 15.9 Å². The van der Waals surface area contributed by atoms with Crippen LogP contribution in [0.5, 0.6) is 5.75 Å². The van der Waals surface area contributed by atoms with Crippen LogP contribution in [0.4, 0.5) is 14.6 Å². The number of rotatable bonds is 3. The van der Waals surface area contributed by atoms with Gasteiger partial charge in [-0.05, 0) is 9.91 Å². The van der Waals surface area contributed by atoms with Crippen molar-refractivity contribution in [3.8, 4) is 5.75 Å². The summed E-state index contributed by atoms with van der Waals surface area (Å²) in [7, 11) is 1.15. The molecule has 1 rings (SSSR count). The first kappa shape index (κ1) is 11.8. The van der Waals surface area contributed by atoms with E-state index >= 15 is 0 Å². The van der Waals surface area contributed by atoms with Crippen molar-refractivity contribution in [1.29, 1.82) is 0 Å². The van der Waals surface area contributed by atoms with Gasteiger partial charge in [-0.25, -0.2) is 8.78 Å². The minimum atomic E-state index is -3.01. The number of halogens is 3. The van der Waals surface area contributed by atoms with Gasteiger partial charge < -0.3 is 14.9 Å². The molecule has 0 N–H and O–H groups in total. The van der Waals surface area contributed by atoms with Gasteiger partial charge in [0.25, 0.3) is 6.43 Å². The zero-order valence-electron chi connectivity index (χ0n) is 7.41. The van der Waals surface area contributed by atoms with Gasteiger partial charge in [-0.3, -0.25) is 0 Å². The molecule has 82 valence electrons. The van der Waals surface area contributed by atoms with E-state index in [1.165, 1.54) is 0 Å². The van der Waals surface area contributed by atoms with Gasteiger partial charge >= 0.3 is 5.82 Å². The number of aromatic nitrogens is 1. The highest BCUT2D eigenvalue weighted by molar-refractivity contribution is 9.10. The Balaban J connectivity index is 3.47. The molecule has 0 spiro atoms. The smallest absolute Gasteiger partial charge is 0.377 e. The molecule has 0 radical (unpaired) electrons. The average molecular weight is 283 g/mol. The highest BCUT2D eigenvalue weighted by Gasteiger charge is 2.29. The molecule has 0 atom stereocenters. The molecular formula is C7H5BrF2N2O3. The van der Waals surface area contributed by atoms with Gasteiger partial charge in [-0.15, -0.1) is 0 Å². The van der Waals surface area contributed by atoms with Crippen molar-refractivity contribution in [2.75, 3.05) is 7.11 Å². The van der Waals surface area contributed by atoms with Gasteiger partial charge in [0.2, 0.25) is 4.60 Å². The molecule has 0 bridgehead atoms. The molecule has 0 unspecified atom stereocenters. The Kier molecular flexibility index (Phi) is 3.51. The van der Waals surface area contributed by atoms with E-state index in [4.69, 9.17) is 0 Å². The lowest BCUT2D eigenvalue weighted by Crippen LogP contribution is -2.02. The minimum absolute atomic E-state index is 0.0652. The monoisotopic (exact) mass is 282 g/mol. The first-order valence-electron chi connectivity index (χ1n) is 3.64. The maximum atomic E-state index is 12.5. The van der Waals surface area contributed by atoms with Crippen molar-refractivity contribution in [3.05, 3.63) is 26.3 Å². The molecule has 0 aliphatic heterocycles. The Morgan fingerprint density at radius 3 is 2.67 bits per heavy atom. The lowest BCUT2D eigenvalue weighted by Gasteiger charge is -2.07. The second-order valence-electron chi connectivity index (χ2n) is 2.44. The number of nitrogens with zero attached hydrogens (tertiary/aromatic N) is 2. The molecule has 0 saturated heterocycles. The van der Waals surface area contributed by atoms with E-state index < -0.39 is 22.7 Å². The number of alkyl halides is 2. The topological polar surface area (TPSA) is 65.3 Å². The van der Waals surface area contributed by atoms with E-state index in [0.717, 1.165) is 13.2 Å². The Bertz CT molecular complexity index is 400. The second-order valence-corrected chi connectivity index (χ2v) is 3.25. The molecule has 0 aromatic carbocycles. The zero-order valence-corrected chi connectivity index (χ0v) is 8.99. The molecule has 0 fully saturated rings. The number of ether oxygens (including phenoxy) is 1. The fraction of sp³-hybridized carbons (Fsp3) is 0.286. The van der Waals surface area contributed by atoms with E-state index in [9.17, 15) is 18.9 Å². The van der Waals surface area contributed by atoms with Crippen molar-refractivity contribution in [2.45, 2.75) is 6.43 Å². The summed E-state index contributed by atoms with van der Waals surface area (Å²) in [4.78, 5) is 12.9. The zero-order chi connectivity index (χ0) is 11.6. The van der Waals surface area contributed by atoms with E-state index in [2.05, 4.69) is 25.7 Å². The number of pyridine rings is 1. The van der Waals surface area contributed by atoms with E-state index in [0.29, 0.717) is 0 Å². The van der Waals surface area contributed by atoms with Crippen molar-refractivity contribution >= 4 is 21.7 Å². The molecule has 1 aromatic heterocycles. The van der Waals surface area contributed by atoms with Gasteiger partial charge in [-0.1, -0.05) is 0 Å². The SMILES string of the molecule is COc1cc(Br)nc([N+](=O)[O-])c1C(F)F. The number of methoxy groups -OCH3 is 1. The predicted molar refractivity (Wildman–Crippen MR) is 50.1 cm³/mol. The maximum Gasteiger partial charge on any atom is 0.377 e. The molecular weight excluding hydrogens is 278 g/mol.